The Labute approximate surface area is 134 Å². The Balaban J connectivity index is 1.54. The number of aromatic amines is 1. The smallest absolute Gasteiger partial charge is 0.280 e. The van der Waals surface area contributed by atoms with Crippen molar-refractivity contribution < 1.29 is 14.4 Å². The Morgan fingerprint density at radius 2 is 2.09 bits per heavy atom. The van der Waals surface area contributed by atoms with Gasteiger partial charge in [0.15, 0.2) is 0 Å². The Morgan fingerprint density at radius 3 is 2.70 bits per heavy atom. The molecule has 4 N–H and O–H groups in total. The number of carbonyl (C=O) groups is 1. The SMILES string of the molecule is O=C(CCc1cc(=O)[nH]o1)NC(C1CCNCC1)C1CC(O)C1. The first kappa shape index (κ1) is 16.3. The number of amides is 1. The Hall–Kier alpha value is -1.60. The molecular weight excluding hydrogens is 298 g/mol. The molecule has 23 heavy (non-hydrogen) atoms. The van der Waals surface area contributed by atoms with E-state index in [1.165, 1.54) is 6.07 Å². The van der Waals surface area contributed by atoms with Gasteiger partial charge in [-0.05, 0) is 50.6 Å². The first-order valence-electron chi connectivity index (χ1n) is 8.47. The second-order valence-corrected chi connectivity index (χ2v) is 6.75. The predicted octanol–water partition coefficient (Wildman–Crippen LogP) is 0.156. The number of rotatable bonds is 6. The summed E-state index contributed by atoms with van der Waals surface area (Å²) < 4.78 is 4.97. The van der Waals surface area contributed by atoms with Crippen LogP contribution in [0.5, 0.6) is 0 Å². The molecule has 3 rings (SSSR count). The quantitative estimate of drug-likeness (QED) is 0.596. The molecule has 1 amide bonds. The number of hydrogen-bond donors (Lipinski definition) is 4. The van der Waals surface area contributed by atoms with Gasteiger partial charge in [-0.2, -0.15) is 5.16 Å². The summed E-state index contributed by atoms with van der Waals surface area (Å²) in [6, 6.07) is 1.52. The minimum atomic E-state index is -0.281. The van der Waals surface area contributed by atoms with Gasteiger partial charge in [-0.25, -0.2) is 0 Å². The highest BCUT2D eigenvalue weighted by molar-refractivity contribution is 5.76. The lowest BCUT2D eigenvalue weighted by Crippen LogP contribution is -2.52. The molecule has 1 aromatic heterocycles. The van der Waals surface area contributed by atoms with E-state index < -0.39 is 0 Å². The molecule has 2 fully saturated rings. The van der Waals surface area contributed by atoms with Crippen LogP contribution in [0.1, 0.15) is 37.9 Å². The van der Waals surface area contributed by atoms with E-state index in [9.17, 15) is 14.7 Å². The van der Waals surface area contributed by atoms with Crippen LogP contribution in [0, 0.1) is 11.8 Å². The molecule has 1 aromatic rings. The van der Waals surface area contributed by atoms with E-state index in [1.807, 2.05) is 0 Å². The molecule has 0 bridgehead atoms. The van der Waals surface area contributed by atoms with Gasteiger partial charge in [-0.3, -0.25) is 9.59 Å². The molecule has 2 heterocycles. The van der Waals surface area contributed by atoms with E-state index in [0.717, 1.165) is 38.8 Å². The number of aliphatic hydroxyl groups is 1. The number of aromatic nitrogens is 1. The van der Waals surface area contributed by atoms with Crippen molar-refractivity contribution >= 4 is 5.91 Å². The minimum Gasteiger partial charge on any atom is -0.393 e. The highest BCUT2D eigenvalue weighted by Crippen LogP contribution is 2.35. The van der Waals surface area contributed by atoms with Crippen LogP contribution in [0.25, 0.3) is 0 Å². The lowest BCUT2D eigenvalue weighted by Gasteiger charge is -2.43. The first-order chi connectivity index (χ1) is 11.1. The lowest BCUT2D eigenvalue weighted by atomic mass is 9.71. The highest BCUT2D eigenvalue weighted by Gasteiger charge is 2.39. The van der Waals surface area contributed by atoms with Crippen LogP contribution in [0.2, 0.25) is 0 Å². The van der Waals surface area contributed by atoms with Crippen molar-refractivity contribution in [2.45, 2.75) is 50.7 Å². The van der Waals surface area contributed by atoms with E-state index in [2.05, 4.69) is 15.8 Å². The van der Waals surface area contributed by atoms with Crippen molar-refractivity contribution in [3.05, 3.63) is 22.2 Å². The van der Waals surface area contributed by atoms with Gasteiger partial charge in [0, 0.05) is 24.9 Å². The molecule has 1 atom stereocenters. The summed E-state index contributed by atoms with van der Waals surface area (Å²) in [6.45, 7) is 1.97. The zero-order valence-corrected chi connectivity index (χ0v) is 13.2. The van der Waals surface area contributed by atoms with E-state index in [4.69, 9.17) is 4.52 Å². The summed E-state index contributed by atoms with van der Waals surface area (Å²) in [5, 5.41) is 18.3. The second kappa shape index (κ2) is 7.31. The molecule has 0 spiro atoms. The highest BCUT2D eigenvalue weighted by atomic mass is 16.5. The van der Waals surface area contributed by atoms with Crippen LogP contribution in [0.15, 0.2) is 15.4 Å². The number of H-pyrrole nitrogens is 1. The summed E-state index contributed by atoms with van der Waals surface area (Å²) in [7, 11) is 0. The summed E-state index contributed by atoms with van der Waals surface area (Å²) in [5.41, 5.74) is -0.281. The maximum atomic E-state index is 12.3. The van der Waals surface area contributed by atoms with Crippen LogP contribution in [0.3, 0.4) is 0 Å². The molecule has 0 aromatic carbocycles. The maximum absolute atomic E-state index is 12.3. The van der Waals surface area contributed by atoms with Crippen molar-refractivity contribution in [3.63, 3.8) is 0 Å². The predicted molar refractivity (Wildman–Crippen MR) is 83.9 cm³/mol. The van der Waals surface area contributed by atoms with Crippen LogP contribution in [-0.4, -0.2) is 41.4 Å². The number of nitrogens with one attached hydrogen (secondary N) is 3. The number of aryl methyl sites for hydroxylation is 1. The molecule has 1 saturated heterocycles. The molecule has 1 aliphatic heterocycles. The normalized spacial score (nSPS) is 26.5. The lowest BCUT2D eigenvalue weighted by molar-refractivity contribution is -0.123. The van der Waals surface area contributed by atoms with E-state index >= 15 is 0 Å². The van der Waals surface area contributed by atoms with Crippen LogP contribution in [0.4, 0.5) is 0 Å². The van der Waals surface area contributed by atoms with Gasteiger partial charge < -0.3 is 20.3 Å². The number of hydrogen-bond acceptors (Lipinski definition) is 5. The molecule has 128 valence electrons. The van der Waals surface area contributed by atoms with Crippen LogP contribution < -0.4 is 16.2 Å². The molecule has 7 heteroatoms. The molecule has 2 aliphatic rings. The van der Waals surface area contributed by atoms with E-state index in [1.54, 1.807) is 0 Å². The van der Waals surface area contributed by atoms with Gasteiger partial charge in [0.2, 0.25) is 5.91 Å². The zero-order chi connectivity index (χ0) is 16.2. The number of carbonyl (C=O) groups excluding carboxylic acids is 1. The topological polar surface area (TPSA) is 107 Å². The third kappa shape index (κ3) is 4.23. The average Bonchev–Trinajstić information content (AvgIpc) is 2.94. The van der Waals surface area contributed by atoms with Gasteiger partial charge in [0.05, 0.1) is 6.10 Å². The fourth-order valence-corrected chi connectivity index (χ4v) is 3.69. The monoisotopic (exact) mass is 323 g/mol. The maximum Gasteiger partial charge on any atom is 0.280 e. The third-order valence-electron chi connectivity index (χ3n) is 5.05. The molecule has 0 radical (unpaired) electrons. The van der Waals surface area contributed by atoms with Gasteiger partial charge in [-0.15, -0.1) is 0 Å². The van der Waals surface area contributed by atoms with E-state index in [0.29, 0.717) is 30.4 Å². The zero-order valence-electron chi connectivity index (χ0n) is 13.2. The van der Waals surface area contributed by atoms with Crippen molar-refractivity contribution in [2.24, 2.45) is 11.8 Å². The molecular formula is C16H25N3O4. The van der Waals surface area contributed by atoms with Crippen molar-refractivity contribution in [1.29, 1.82) is 0 Å². The summed E-state index contributed by atoms with van der Waals surface area (Å²) in [5.74, 6) is 1.34. The van der Waals surface area contributed by atoms with Crippen molar-refractivity contribution in [3.8, 4) is 0 Å². The Kier molecular flexibility index (Phi) is 5.17. The fourth-order valence-electron chi connectivity index (χ4n) is 3.69. The standard InChI is InChI=1S/C16H25N3O4/c20-12-7-11(8-12)16(10-3-5-17-6-4-10)18-14(21)2-1-13-9-15(22)19-23-13/h9-12,16-17,20H,1-8H2,(H,18,21)(H,19,22). The van der Waals surface area contributed by atoms with Crippen LogP contribution >= 0.6 is 0 Å². The van der Waals surface area contributed by atoms with Gasteiger partial charge in [0.1, 0.15) is 5.76 Å². The summed E-state index contributed by atoms with van der Waals surface area (Å²) in [6.07, 6.45) is 4.18. The minimum absolute atomic E-state index is 0.0150. The molecule has 1 saturated carbocycles. The van der Waals surface area contributed by atoms with Gasteiger partial charge in [0.25, 0.3) is 5.56 Å². The molecule has 1 aliphatic carbocycles. The van der Waals surface area contributed by atoms with Crippen molar-refractivity contribution in [2.75, 3.05) is 13.1 Å². The largest absolute Gasteiger partial charge is 0.393 e. The summed E-state index contributed by atoms with van der Waals surface area (Å²) >= 11 is 0. The van der Waals surface area contributed by atoms with E-state index in [-0.39, 0.29) is 23.6 Å². The fraction of sp³-hybridized carbons (Fsp3) is 0.750. The average molecular weight is 323 g/mol. The summed E-state index contributed by atoms with van der Waals surface area (Å²) in [4.78, 5) is 23.3. The molecule has 1 unspecified atom stereocenters. The number of aliphatic hydroxyl groups excluding tert-OH is 1. The Morgan fingerprint density at radius 1 is 1.35 bits per heavy atom. The Bertz CT molecular complexity index is 570. The number of piperidine rings is 1. The van der Waals surface area contributed by atoms with Gasteiger partial charge >= 0.3 is 0 Å². The van der Waals surface area contributed by atoms with Gasteiger partial charge in [-0.1, -0.05) is 0 Å². The first-order valence-corrected chi connectivity index (χ1v) is 8.47. The molecule has 7 nitrogen and oxygen atoms in total. The third-order valence-corrected chi connectivity index (χ3v) is 5.05. The second-order valence-electron chi connectivity index (χ2n) is 6.75. The van der Waals surface area contributed by atoms with Crippen LogP contribution in [-0.2, 0) is 11.2 Å². The van der Waals surface area contributed by atoms with Crippen molar-refractivity contribution in [1.82, 2.24) is 15.8 Å².